The molecule has 0 aliphatic rings. The standard InChI is InChI=1S/C7H6FN2/c1-5-4-6(10-9)2-3-7(5)8/h2-4H,1H3/q+1. The fourth-order valence-electron chi connectivity index (χ4n) is 0.691. The molecular formula is C7H6FN2+. The quantitative estimate of drug-likeness (QED) is 0.505. The van der Waals surface area contributed by atoms with E-state index in [9.17, 15) is 4.39 Å². The highest BCUT2D eigenvalue weighted by Crippen LogP contribution is 2.15. The van der Waals surface area contributed by atoms with Crippen LogP contribution in [0.4, 0.5) is 10.1 Å². The molecule has 2 nitrogen and oxygen atoms in total. The second-order valence-corrected chi connectivity index (χ2v) is 2.03. The van der Waals surface area contributed by atoms with E-state index in [2.05, 4.69) is 4.98 Å². The molecule has 3 heteroatoms. The van der Waals surface area contributed by atoms with Gasteiger partial charge in [-0.1, -0.05) is 0 Å². The molecule has 0 unspecified atom stereocenters. The van der Waals surface area contributed by atoms with Crippen molar-refractivity contribution in [1.29, 1.82) is 5.39 Å². The minimum absolute atomic E-state index is 0.285. The van der Waals surface area contributed by atoms with Crippen molar-refractivity contribution in [2.45, 2.75) is 6.92 Å². The molecule has 1 aromatic rings. The predicted octanol–water partition coefficient (Wildman–Crippen LogP) is 2.62. The second-order valence-electron chi connectivity index (χ2n) is 2.03. The molecule has 0 radical (unpaired) electrons. The number of halogens is 1. The van der Waals surface area contributed by atoms with Gasteiger partial charge in [0.2, 0.25) is 5.39 Å². The highest BCUT2D eigenvalue weighted by Gasteiger charge is 2.05. The van der Waals surface area contributed by atoms with Crippen LogP contribution in [-0.2, 0) is 0 Å². The van der Waals surface area contributed by atoms with Crippen LogP contribution in [0.5, 0.6) is 0 Å². The van der Waals surface area contributed by atoms with Crippen LogP contribution in [-0.4, -0.2) is 0 Å². The number of rotatable bonds is 0. The normalized spacial score (nSPS) is 8.90. The zero-order valence-electron chi connectivity index (χ0n) is 5.50. The Hall–Kier alpha value is -1.43. The van der Waals surface area contributed by atoms with Crippen LogP contribution in [0.2, 0.25) is 0 Å². The summed E-state index contributed by atoms with van der Waals surface area (Å²) >= 11 is 0. The number of aryl methyl sites for hydroxylation is 1. The molecule has 1 rings (SSSR count). The molecule has 0 N–H and O–H groups in total. The average molecular weight is 137 g/mol. The van der Waals surface area contributed by atoms with Gasteiger partial charge in [-0.25, -0.2) is 4.39 Å². The Labute approximate surface area is 57.9 Å². The van der Waals surface area contributed by atoms with E-state index in [1.165, 1.54) is 18.2 Å². The molecule has 0 aliphatic carbocycles. The van der Waals surface area contributed by atoms with Crippen LogP contribution in [0.1, 0.15) is 5.56 Å². The van der Waals surface area contributed by atoms with Crippen molar-refractivity contribution in [1.82, 2.24) is 0 Å². The number of benzene rings is 1. The molecule has 0 spiro atoms. The van der Waals surface area contributed by atoms with Crippen molar-refractivity contribution >= 4 is 5.69 Å². The van der Waals surface area contributed by atoms with Gasteiger partial charge in [-0.05, 0) is 18.6 Å². The number of hydrogen-bond donors (Lipinski definition) is 0. The van der Waals surface area contributed by atoms with Crippen LogP contribution >= 0.6 is 0 Å². The van der Waals surface area contributed by atoms with E-state index in [1.54, 1.807) is 6.92 Å². The minimum Gasteiger partial charge on any atom is -0.207 e. The van der Waals surface area contributed by atoms with Crippen LogP contribution in [0.3, 0.4) is 0 Å². The van der Waals surface area contributed by atoms with Gasteiger partial charge in [0.25, 0.3) is 0 Å². The Bertz CT molecular complexity index is 288. The summed E-state index contributed by atoms with van der Waals surface area (Å²) in [6.07, 6.45) is 0. The van der Waals surface area contributed by atoms with E-state index < -0.39 is 0 Å². The molecule has 0 aromatic heterocycles. The first-order valence-electron chi connectivity index (χ1n) is 2.85. The molecule has 10 heavy (non-hydrogen) atoms. The van der Waals surface area contributed by atoms with Gasteiger partial charge in [0.05, 0.1) is 0 Å². The summed E-state index contributed by atoms with van der Waals surface area (Å²) in [6.45, 7) is 1.62. The summed E-state index contributed by atoms with van der Waals surface area (Å²) in [5, 5.41) is 8.26. The summed E-state index contributed by atoms with van der Waals surface area (Å²) < 4.78 is 12.5. The Kier molecular flexibility index (Phi) is 1.63. The van der Waals surface area contributed by atoms with Crippen LogP contribution in [0.15, 0.2) is 18.2 Å². The Morgan fingerprint density at radius 1 is 1.50 bits per heavy atom. The Morgan fingerprint density at radius 2 is 2.20 bits per heavy atom. The first-order chi connectivity index (χ1) is 4.74. The third kappa shape index (κ3) is 1.11. The van der Waals surface area contributed by atoms with E-state index >= 15 is 0 Å². The summed E-state index contributed by atoms with van der Waals surface area (Å²) in [4.78, 5) is 2.91. The van der Waals surface area contributed by atoms with Crippen molar-refractivity contribution < 1.29 is 4.39 Å². The van der Waals surface area contributed by atoms with Crippen molar-refractivity contribution in [2.75, 3.05) is 0 Å². The second kappa shape index (κ2) is 2.44. The van der Waals surface area contributed by atoms with Gasteiger partial charge in [0.15, 0.2) is 4.98 Å². The highest BCUT2D eigenvalue weighted by molar-refractivity contribution is 5.45. The third-order valence-corrected chi connectivity index (χ3v) is 1.26. The average Bonchev–Trinajstić information content (AvgIpc) is 1.95. The van der Waals surface area contributed by atoms with Crippen LogP contribution in [0, 0.1) is 18.1 Å². The smallest absolute Gasteiger partial charge is 0.207 e. The van der Waals surface area contributed by atoms with Gasteiger partial charge in [0, 0.05) is 12.1 Å². The van der Waals surface area contributed by atoms with E-state index in [1.807, 2.05) is 0 Å². The number of nitrogens with zero attached hydrogens (tertiary/aromatic N) is 2. The lowest BCUT2D eigenvalue weighted by Crippen LogP contribution is -1.77. The largest absolute Gasteiger partial charge is 0.385 e. The topological polar surface area (TPSA) is 28.1 Å². The lowest BCUT2D eigenvalue weighted by Gasteiger charge is -1.87. The van der Waals surface area contributed by atoms with Gasteiger partial charge in [-0.3, -0.25) is 0 Å². The molecule has 1 aromatic carbocycles. The number of diazo groups is 1. The SMILES string of the molecule is Cc1cc([N+]#N)ccc1F. The maximum Gasteiger partial charge on any atom is 0.385 e. The van der Waals surface area contributed by atoms with Crippen molar-refractivity contribution in [3.63, 3.8) is 0 Å². The third-order valence-electron chi connectivity index (χ3n) is 1.26. The monoisotopic (exact) mass is 137 g/mol. The molecule has 0 bridgehead atoms. The van der Waals surface area contributed by atoms with Crippen molar-refractivity contribution in [3.8, 4) is 0 Å². The van der Waals surface area contributed by atoms with Crippen LogP contribution < -0.4 is 0 Å². The minimum atomic E-state index is -0.285. The van der Waals surface area contributed by atoms with Gasteiger partial charge >= 0.3 is 5.69 Å². The molecular weight excluding hydrogens is 131 g/mol. The van der Waals surface area contributed by atoms with Gasteiger partial charge in [0.1, 0.15) is 5.82 Å². The zero-order chi connectivity index (χ0) is 7.56. The van der Waals surface area contributed by atoms with E-state index in [0.29, 0.717) is 11.3 Å². The van der Waals surface area contributed by atoms with Crippen molar-refractivity contribution in [3.05, 3.63) is 34.6 Å². The summed E-state index contributed by atoms with van der Waals surface area (Å²) in [5.74, 6) is -0.285. The van der Waals surface area contributed by atoms with Crippen molar-refractivity contribution in [2.24, 2.45) is 0 Å². The molecule has 0 fully saturated rings. The first-order valence-corrected chi connectivity index (χ1v) is 2.85. The van der Waals surface area contributed by atoms with Crippen LogP contribution in [0.25, 0.3) is 4.98 Å². The van der Waals surface area contributed by atoms with Gasteiger partial charge < -0.3 is 0 Å². The summed E-state index contributed by atoms with van der Waals surface area (Å²) in [7, 11) is 0. The molecule has 0 saturated carbocycles. The molecule has 0 saturated heterocycles. The van der Waals surface area contributed by atoms with E-state index in [4.69, 9.17) is 5.39 Å². The molecule has 0 atom stereocenters. The van der Waals surface area contributed by atoms with Gasteiger partial charge in [-0.2, -0.15) is 0 Å². The molecule has 0 amide bonds. The maximum atomic E-state index is 12.5. The predicted molar refractivity (Wildman–Crippen MR) is 35.9 cm³/mol. The molecule has 0 heterocycles. The Morgan fingerprint density at radius 3 is 2.70 bits per heavy atom. The van der Waals surface area contributed by atoms with E-state index in [0.717, 1.165) is 0 Å². The maximum absolute atomic E-state index is 12.5. The zero-order valence-corrected chi connectivity index (χ0v) is 5.50. The number of hydrogen-bond acceptors (Lipinski definition) is 1. The lowest BCUT2D eigenvalue weighted by atomic mass is 10.2. The summed E-state index contributed by atoms with van der Waals surface area (Å²) in [5.41, 5.74) is 0.856. The van der Waals surface area contributed by atoms with E-state index in [-0.39, 0.29) is 5.82 Å². The molecule has 0 aliphatic heterocycles. The van der Waals surface area contributed by atoms with Gasteiger partial charge in [-0.15, -0.1) is 0 Å². The fourth-order valence-corrected chi connectivity index (χ4v) is 0.691. The fraction of sp³-hybridized carbons (Fsp3) is 0.143. The highest BCUT2D eigenvalue weighted by atomic mass is 19.1. The lowest BCUT2D eigenvalue weighted by molar-refractivity contribution is 0.619. The molecule has 50 valence electrons. The Balaban J connectivity index is 3.20. The first kappa shape index (κ1) is 6.69. The summed E-state index contributed by atoms with van der Waals surface area (Å²) in [6, 6.07) is 4.14.